The monoisotopic (exact) mass is 131 g/mol. The van der Waals surface area contributed by atoms with E-state index in [-0.39, 0.29) is 0 Å². The minimum atomic E-state index is -0.594. The standard InChI is InChI=1S/C7H14FN/c1-2-6-3-4-9-5-7(6)8/h6-7,9H,2-5H2,1H3. The van der Waals surface area contributed by atoms with Crippen molar-refractivity contribution in [3.8, 4) is 0 Å². The third-order valence-corrected chi connectivity index (χ3v) is 2.07. The molecular formula is C7H14FN. The van der Waals surface area contributed by atoms with E-state index in [9.17, 15) is 4.39 Å². The number of piperidine rings is 1. The predicted octanol–water partition coefficient (Wildman–Crippen LogP) is 1.34. The zero-order chi connectivity index (χ0) is 6.69. The fourth-order valence-corrected chi connectivity index (χ4v) is 1.33. The lowest BCUT2D eigenvalue weighted by atomic mass is 9.94. The molecule has 0 amide bonds. The maximum absolute atomic E-state index is 12.8. The molecule has 1 heterocycles. The van der Waals surface area contributed by atoms with Crippen LogP contribution in [0.5, 0.6) is 0 Å². The Bertz CT molecular complexity index is 85.0. The van der Waals surface area contributed by atoms with Crippen LogP contribution in [-0.4, -0.2) is 19.3 Å². The van der Waals surface area contributed by atoms with Gasteiger partial charge in [0.15, 0.2) is 0 Å². The number of hydrogen-bond acceptors (Lipinski definition) is 1. The van der Waals surface area contributed by atoms with Crippen LogP contribution in [0.15, 0.2) is 0 Å². The van der Waals surface area contributed by atoms with Crippen LogP contribution in [0.4, 0.5) is 4.39 Å². The van der Waals surface area contributed by atoms with Crippen LogP contribution in [0.2, 0.25) is 0 Å². The first-order chi connectivity index (χ1) is 4.34. The van der Waals surface area contributed by atoms with Gasteiger partial charge in [-0.15, -0.1) is 0 Å². The summed E-state index contributed by atoms with van der Waals surface area (Å²) in [5.41, 5.74) is 0. The maximum atomic E-state index is 12.8. The molecule has 0 aromatic carbocycles. The van der Waals surface area contributed by atoms with E-state index in [0.717, 1.165) is 19.4 Å². The summed E-state index contributed by atoms with van der Waals surface area (Å²) in [5.74, 6) is 0.325. The Labute approximate surface area is 55.6 Å². The average molecular weight is 131 g/mol. The van der Waals surface area contributed by atoms with Gasteiger partial charge in [-0.3, -0.25) is 0 Å². The van der Waals surface area contributed by atoms with Gasteiger partial charge in [-0.2, -0.15) is 0 Å². The van der Waals surface area contributed by atoms with Crippen molar-refractivity contribution in [3.63, 3.8) is 0 Å². The lowest BCUT2D eigenvalue weighted by Gasteiger charge is -2.25. The molecule has 0 aliphatic carbocycles. The highest BCUT2D eigenvalue weighted by Gasteiger charge is 2.21. The van der Waals surface area contributed by atoms with Crippen molar-refractivity contribution < 1.29 is 4.39 Å². The second-order valence-corrected chi connectivity index (χ2v) is 2.68. The molecule has 1 N–H and O–H groups in total. The smallest absolute Gasteiger partial charge is 0.115 e. The van der Waals surface area contributed by atoms with E-state index in [1.54, 1.807) is 0 Å². The summed E-state index contributed by atoms with van der Waals surface area (Å²) in [6, 6.07) is 0. The van der Waals surface area contributed by atoms with Crippen molar-refractivity contribution in [1.82, 2.24) is 5.32 Å². The number of rotatable bonds is 1. The molecule has 1 saturated heterocycles. The van der Waals surface area contributed by atoms with E-state index >= 15 is 0 Å². The predicted molar refractivity (Wildman–Crippen MR) is 36.2 cm³/mol. The van der Waals surface area contributed by atoms with Gasteiger partial charge in [0, 0.05) is 6.54 Å². The molecule has 2 heteroatoms. The van der Waals surface area contributed by atoms with Gasteiger partial charge >= 0.3 is 0 Å². The molecule has 0 aromatic heterocycles. The summed E-state index contributed by atoms with van der Waals surface area (Å²) in [4.78, 5) is 0. The first-order valence-corrected chi connectivity index (χ1v) is 3.69. The Morgan fingerprint density at radius 2 is 2.44 bits per heavy atom. The number of hydrogen-bond donors (Lipinski definition) is 1. The van der Waals surface area contributed by atoms with Gasteiger partial charge in [0.1, 0.15) is 6.17 Å². The summed E-state index contributed by atoms with van der Waals surface area (Å²) in [6.07, 6.45) is 1.41. The van der Waals surface area contributed by atoms with E-state index in [1.165, 1.54) is 0 Å². The van der Waals surface area contributed by atoms with Gasteiger partial charge in [0.25, 0.3) is 0 Å². The van der Waals surface area contributed by atoms with Crippen LogP contribution in [0.3, 0.4) is 0 Å². The first kappa shape index (κ1) is 7.00. The Morgan fingerprint density at radius 3 is 2.89 bits per heavy atom. The maximum Gasteiger partial charge on any atom is 0.115 e. The lowest BCUT2D eigenvalue weighted by Crippen LogP contribution is -2.37. The highest BCUT2D eigenvalue weighted by molar-refractivity contribution is 4.75. The fourth-order valence-electron chi connectivity index (χ4n) is 1.33. The van der Waals surface area contributed by atoms with E-state index in [4.69, 9.17) is 0 Å². The second kappa shape index (κ2) is 3.16. The fraction of sp³-hybridized carbons (Fsp3) is 1.00. The zero-order valence-electron chi connectivity index (χ0n) is 5.86. The molecule has 0 spiro atoms. The van der Waals surface area contributed by atoms with Crippen molar-refractivity contribution in [2.75, 3.05) is 13.1 Å². The quantitative estimate of drug-likeness (QED) is 0.566. The Kier molecular flexibility index (Phi) is 2.46. The van der Waals surface area contributed by atoms with E-state index < -0.39 is 6.17 Å². The van der Waals surface area contributed by atoms with Crippen molar-refractivity contribution >= 4 is 0 Å². The highest BCUT2D eigenvalue weighted by Crippen LogP contribution is 2.18. The first-order valence-electron chi connectivity index (χ1n) is 3.69. The minimum absolute atomic E-state index is 0.325. The minimum Gasteiger partial charge on any atom is -0.314 e. The summed E-state index contributed by atoms with van der Waals surface area (Å²) < 4.78 is 12.8. The summed E-state index contributed by atoms with van der Waals surface area (Å²) >= 11 is 0. The molecule has 9 heavy (non-hydrogen) atoms. The molecule has 54 valence electrons. The van der Waals surface area contributed by atoms with Crippen LogP contribution in [0, 0.1) is 5.92 Å². The SMILES string of the molecule is CCC1CCNCC1F. The summed E-state index contributed by atoms with van der Waals surface area (Å²) in [6.45, 7) is 3.62. The number of nitrogens with one attached hydrogen (secondary N) is 1. The van der Waals surface area contributed by atoms with Gasteiger partial charge in [0.2, 0.25) is 0 Å². The molecule has 1 rings (SSSR count). The van der Waals surface area contributed by atoms with Crippen molar-refractivity contribution in [2.24, 2.45) is 5.92 Å². The molecule has 1 aliphatic rings. The zero-order valence-corrected chi connectivity index (χ0v) is 5.86. The molecule has 1 nitrogen and oxygen atoms in total. The van der Waals surface area contributed by atoms with Crippen LogP contribution in [0.1, 0.15) is 19.8 Å². The molecular weight excluding hydrogens is 117 g/mol. The Morgan fingerprint density at radius 1 is 1.67 bits per heavy atom. The molecule has 2 atom stereocenters. The van der Waals surface area contributed by atoms with Gasteiger partial charge in [-0.1, -0.05) is 13.3 Å². The van der Waals surface area contributed by atoms with Crippen LogP contribution in [0.25, 0.3) is 0 Å². The van der Waals surface area contributed by atoms with Crippen molar-refractivity contribution in [1.29, 1.82) is 0 Å². The van der Waals surface area contributed by atoms with Gasteiger partial charge in [-0.05, 0) is 18.9 Å². The van der Waals surface area contributed by atoms with Gasteiger partial charge < -0.3 is 5.32 Å². The third-order valence-electron chi connectivity index (χ3n) is 2.07. The van der Waals surface area contributed by atoms with Crippen molar-refractivity contribution in [2.45, 2.75) is 25.9 Å². The summed E-state index contributed by atoms with van der Waals surface area (Å²) in [7, 11) is 0. The number of halogens is 1. The van der Waals surface area contributed by atoms with Crippen LogP contribution < -0.4 is 5.32 Å². The Hall–Kier alpha value is -0.110. The molecule has 0 aromatic rings. The van der Waals surface area contributed by atoms with E-state index in [1.807, 2.05) is 0 Å². The van der Waals surface area contributed by atoms with Crippen LogP contribution in [-0.2, 0) is 0 Å². The molecule has 2 unspecified atom stereocenters. The van der Waals surface area contributed by atoms with E-state index in [2.05, 4.69) is 12.2 Å². The number of alkyl halides is 1. The molecule has 0 radical (unpaired) electrons. The second-order valence-electron chi connectivity index (χ2n) is 2.68. The van der Waals surface area contributed by atoms with Crippen molar-refractivity contribution in [3.05, 3.63) is 0 Å². The molecule has 0 bridgehead atoms. The third kappa shape index (κ3) is 1.65. The van der Waals surface area contributed by atoms with Gasteiger partial charge in [0.05, 0.1) is 0 Å². The lowest BCUT2D eigenvalue weighted by molar-refractivity contribution is 0.176. The van der Waals surface area contributed by atoms with Crippen LogP contribution >= 0.6 is 0 Å². The normalized spacial score (nSPS) is 36.7. The summed E-state index contributed by atoms with van der Waals surface area (Å²) in [5, 5.41) is 3.02. The molecule has 1 fully saturated rings. The largest absolute Gasteiger partial charge is 0.314 e. The Balaban J connectivity index is 2.30. The topological polar surface area (TPSA) is 12.0 Å². The van der Waals surface area contributed by atoms with Gasteiger partial charge in [-0.25, -0.2) is 4.39 Å². The molecule has 1 aliphatic heterocycles. The molecule has 0 saturated carbocycles. The highest BCUT2D eigenvalue weighted by atomic mass is 19.1. The van der Waals surface area contributed by atoms with E-state index in [0.29, 0.717) is 12.5 Å². The average Bonchev–Trinajstić information content (AvgIpc) is 1.89.